The zero-order valence-electron chi connectivity index (χ0n) is 37.2. The van der Waals surface area contributed by atoms with Gasteiger partial charge in [0.05, 0.1) is 19.3 Å². The van der Waals surface area contributed by atoms with Gasteiger partial charge >= 0.3 is 29.8 Å². The first-order chi connectivity index (χ1) is 27.0. The third kappa shape index (κ3) is 16.0. The van der Waals surface area contributed by atoms with Gasteiger partial charge in [0, 0.05) is 56.9 Å². The van der Waals surface area contributed by atoms with Crippen LogP contribution in [0.3, 0.4) is 0 Å². The normalized spacial score (nSPS) is 26.1. The molecule has 2 aliphatic rings. The van der Waals surface area contributed by atoms with Crippen molar-refractivity contribution in [2.45, 2.75) is 189 Å². The van der Waals surface area contributed by atoms with Crippen molar-refractivity contribution >= 4 is 35.6 Å². The van der Waals surface area contributed by atoms with E-state index in [9.17, 15) is 33.9 Å². The topological polar surface area (TPSA) is 187 Å². The molecular weight excluding hydrogens is 752 g/mol. The summed E-state index contributed by atoms with van der Waals surface area (Å²) in [6.07, 6.45) is -2.91. The number of ether oxygens (including phenoxy) is 7. The summed E-state index contributed by atoms with van der Waals surface area (Å²) >= 11 is 0. The summed E-state index contributed by atoms with van der Waals surface area (Å²) in [5.41, 5.74) is 0.286. The van der Waals surface area contributed by atoms with Crippen molar-refractivity contribution < 1.29 is 67.0 Å². The molecule has 1 spiro atoms. The van der Waals surface area contributed by atoms with E-state index in [1.807, 2.05) is 41.5 Å². The largest absolute Gasteiger partial charge is 0.466 e. The molecule has 12 atom stereocenters. The SMILES string of the molecule is CCC(=O)O[C@H](C/C=C(\C)C(=O)OC)[C@H](C)[C@H](OC(C)=O)[C@H](C[C@H](C)[C@H](OC(=O)CC(C)C)[C@H]1C[C@@H](C)C[C@@]2(C[C@@H](C)C[C@H]([C@@H](O)C(C)=O)O2)O1)OC(=O)CC(C)C. The Bertz CT molecular complexity index is 1420. The number of ketones is 1. The maximum Gasteiger partial charge on any atom is 0.333 e. The number of aliphatic hydroxyl groups is 1. The van der Waals surface area contributed by atoms with Gasteiger partial charge in [-0.25, -0.2) is 4.79 Å². The monoisotopic (exact) mass is 824 g/mol. The first-order valence-electron chi connectivity index (χ1n) is 21.1. The number of hydrogen-bond acceptors (Lipinski definition) is 14. The highest BCUT2D eigenvalue weighted by atomic mass is 16.7. The molecule has 0 bridgehead atoms. The molecule has 14 heteroatoms. The molecule has 0 radical (unpaired) electrons. The first kappa shape index (κ1) is 50.8. The standard InChI is InChI=1S/C44H72O14/c1-14-37(47)54-33(16-15-28(8)43(51)52-13)30(10)42(53-32(12)46)35(55-38(48)17-24(2)3)21-29(9)41(56-39(49)18-25(4)5)36-20-27(7)23-44(58-36)22-26(6)19-34(57-44)40(50)31(11)45/h15,24-27,29-30,33-36,40-42,50H,14,16-23H2,1-13H3/b28-15+/t26-,27+,29-,30-,33+,34+,35-,36+,40-,41-,42-,44+/m0/s1. The average molecular weight is 825 g/mol. The zero-order valence-corrected chi connectivity index (χ0v) is 37.2. The Hall–Kier alpha value is -3.36. The van der Waals surface area contributed by atoms with E-state index in [4.69, 9.17) is 33.2 Å². The molecule has 0 unspecified atom stereocenters. The lowest BCUT2D eigenvalue weighted by Crippen LogP contribution is -2.57. The van der Waals surface area contributed by atoms with Crippen LogP contribution in [0.1, 0.15) is 141 Å². The number of rotatable bonds is 21. The van der Waals surface area contributed by atoms with Crippen LogP contribution >= 0.6 is 0 Å². The maximum absolute atomic E-state index is 13.5. The van der Waals surface area contributed by atoms with Crippen LogP contribution in [-0.4, -0.2) is 96.4 Å². The van der Waals surface area contributed by atoms with E-state index in [1.54, 1.807) is 26.8 Å². The summed E-state index contributed by atoms with van der Waals surface area (Å²) in [7, 11) is 1.26. The molecule has 14 nitrogen and oxygen atoms in total. The Morgan fingerprint density at radius 2 is 1.28 bits per heavy atom. The van der Waals surface area contributed by atoms with E-state index in [0.717, 1.165) is 0 Å². The van der Waals surface area contributed by atoms with Gasteiger partial charge in [0.25, 0.3) is 0 Å². The predicted octanol–water partition coefficient (Wildman–Crippen LogP) is 6.60. The molecule has 2 fully saturated rings. The molecule has 1 N–H and O–H groups in total. The first-order valence-corrected chi connectivity index (χ1v) is 21.1. The third-order valence-corrected chi connectivity index (χ3v) is 10.8. The van der Waals surface area contributed by atoms with Gasteiger partial charge < -0.3 is 38.3 Å². The van der Waals surface area contributed by atoms with E-state index in [0.29, 0.717) is 25.7 Å². The quantitative estimate of drug-likeness (QED) is 0.0741. The van der Waals surface area contributed by atoms with Crippen LogP contribution < -0.4 is 0 Å². The highest BCUT2D eigenvalue weighted by Crippen LogP contribution is 2.46. The van der Waals surface area contributed by atoms with E-state index < -0.39 is 96.0 Å². The second-order valence-corrected chi connectivity index (χ2v) is 17.7. The zero-order chi connectivity index (χ0) is 44.1. The second kappa shape index (κ2) is 23.4. The molecule has 0 aliphatic carbocycles. The molecule has 58 heavy (non-hydrogen) atoms. The lowest BCUT2D eigenvalue weighted by molar-refractivity contribution is -0.347. The number of esters is 5. The summed E-state index contributed by atoms with van der Waals surface area (Å²) in [5, 5.41) is 10.8. The number of methoxy groups -OCH3 is 1. The molecule has 0 aromatic carbocycles. The van der Waals surface area contributed by atoms with Crippen molar-refractivity contribution in [3.8, 4) is 0 Å². The van der Waals surface area contributed by atoms with Crippen molar-refractivity contribution in [2.24, 2.45) is 35.5 Å². The highest BCUT2D eigenvalue weighted by Gasteiger charge is 2.52. The fraction of sp³-hybridized carbons (Fsp3) is 0.818. The number of carbonyl (C=O) groups excluding carboxylic acids is 6. The van der Waals surface area contributed by atoms with Gasteiger partial charge in [-0.3, -0.25) is 24.0 Å². The lowest BCUT2D eigenvalue weighted by Gasteiger charge is -2.51. The van der Waals surface area contributed by atoms with Crippen molar-refractivity contribution in [2.75, 3.05) is 7.11 Å². The molecule has 2 aliphatic heterocycles. The number of hydrogen-bond donors (Lipinski definition) is 1. The minimum absolute atomic E-state index is 0.00378. The summed E-state index contributed by atoms with van der Waals surface area (Å²) in [6.45, 7) is 21.0. The Morgan fingerprint density at radius 1 is 0.759 bits per heavy atom. The van der Waals surface area contributed by atoms with Gasteiger partial charge in [-0.2, -0.15) is 0 Å². The summed E-state index contributed by atoms with van der Waals surface area (Å²) in [4.78, 5) is 77.0. The Labute approximate surface area is 345 Å². The number of aliphatic hydroxyl groups excluding tert-OH is 1. The van der Waals surface area contributed by atoms with Crippen molar-refractivity contribution in [1.29, 1.82) is 0 Å². The Balaban J connectivity index is 2.68. The molecule has 2 heterocycles. The van der Waals surface area contributed by atoms with Crippen LogP contribution in [0.15, 0.2) is 11.6 Å². The Morgan fingerprint density at radius 3 is 1.78 bits per heavy atom. The molecule has 2 rings (SSSR count). The maximum atomic E-state index is 13.5. The molecule has 332 valence electrons. The minimum Gasteiger partial charge on any atom is -0.466 e. The van der Waals surface area contributed by atoms with Gasteiger partial charge in [-0.15, -0.1) is 0 Å². The van der Waals surface area contributed by atoms with Gasteiger partial charge in [-0.1, -0.05) is 68.4 Å². The van der Waals surface area contributed by atoms with E-state index >= 15 is 0 Å². The third-order valence-electron chi connectivity index (χ3n) is 10.8. The van der Waals surface area contributed by atoms with E-state index in [1.165, 1.54) is 21.0 Å². The van der Waals surface area contributed by atoms with Crippen LogP contribution in [0.5, 0.6) is 0 Å². The summed E-state index contributed by atoms with van der Waals surface area (Å²) < 4.78 is 42.5. The van der Waals surface area contributed by atoms with Crippen molar-refractivity contribution in [1.82, 2.24) is 0 Å². The Kier molecular flexibility index (Phi) is 20.5. The minimum atomic E-state index is -1.32. The van der Waals surface area contributed by atoms with Crippen LogP contribution in [0.25, 0.3) is 0 Å². The molecule has 2 saturated heterocycles. The highest BCUT2D eigenvalue weighted by molar-refractivity contribution is 5.87. The van der Waals surface area contributed by atoms with Crippen LogP contribution in [0.2, 0.25) is 0 Å². The molecular formula is C44H72O14. The summed E-state index contributed by atoms with van der Waals surface area (Å²) in [6, 6.07) is 0. The van der Waals surface area contributed by atoms with Crippen molar-refractivity contribution in [3.05, 3.63) is 11.6 Å². The molecule has 0 amide bonds. The fourth-order valence-corrected chi connectivity index (χ4v) is 8.11. The average Bonchev–Trinajstić information content (AvgIpc) is 3.11. The van der Waals surface area contributed by atoms with Crippen molar-refractivity contribution in [3.63, 3.8) is 0 Å². The predicted molar refractivity (Wildman–Crippen MR) is 214 cm³/mol. The fourth-order valence-electron chi connectivity index (χ4n) is 8.11. The van der Waals surface area contributed by atoms with Gasteiger partial charge in [-0.05, 0) is 62.7 Å². The summed E-state index contributed by atoms with van der Waals surface area (Å²) in [5.74, 6) is -5.58. The molecule has 0 aromatic heterocycles. The lowest BCUT2D eigenvalue weighted by atomic mass is 9.79. The van der Waals surface area contributed by atoms with Gasteiger partial charge in [0.2, 0.25) is 0 Å². The van der Waals surface area contributed by atoms with Gasteiger partial charge in [0.15, 0.2) is 11.6 Å². The van der Waals surface area contributed by atoms with Gasteiger partial charge in [0.1, 0.15) is 30.5 Å². The van der Waals surface area contributed by atoms with E-state index in [2.05, 4.69) is 6.92 Å². The second-order valence-electron chi connectivity index (χ2n) is 17.7. The van der Waals surface area contributed by atoms with E-state index in [-0.39, 0.29) is 61.3 Å². The van der Waals surface area contributed by atoms with Crippen LogP contribution in [-0.2, 0) is 61.9 Å². The smallest absolute Gasteiger partial charge is 0.333 e. The number of Topliss-reactive ketones (excluding diaryl/α,β-unsaturated/α-hetero) is 1. The van der Waals surface area contributed by atoms with Crippen LogP contribution in [0, 0.1) is 35.5 Å². The number of carbonyl (C=O) groups is 6. The molecule has 0 saturated carbocycles. The molecule has 0 aromatic rings. The van der Waals surface area contributed by atoms with Crippen LogP contribution in [0.4, 0.5) is 0 Å².